The number of hydrogen-bond donors (Lipinski definition) is 1. The van der Waals surface area contributed by atoms with E-state index < -0.39 is 0 Å². The number of urea groups is 1. The number of aliphatic imine (C=N–C) groups is 1. The molecule has 0 radical (unpaired) electrons. The van der Waals surface area contributed by atoms with Crippen LogP contribution in [0.3, 0.4) is 0 Å². The van der Waals surface area contributed by atoms with E-state index in [2.05, 4.69) is 23.2 Å². The number of morpholine rings is 1. The molecule has 8 nitrogen and oxygen atoms in total. The summed E-state index contributed by atoms with van der Waals surface area (Å²) in [4.78, 5) is 32.8. The van der Waals surface area contributed by atoms with Gasteiger partial charge in [-0.05, 0) is 61.3 Å². The summed E-state index contributed by atoms with van der Waals surface area (Å²) < 4.78 is 11.4. The van der Waals surface area contributed by atoms with E-state index in [4.69, 9.17) is 15.2 Å². The zero-order valence-corrected chi connectivity index (χ0v) is 21.7. The summed E-state index contributed by atoms with van der Waals surface area (Å²) in [7, 11) is 0. The Morgan fingerprint density at radius 1 is 1.06 bits per heavy atom. The molecule has 196 valence electrons. The number of carbonyl (C=O) groups is 2. The molecule has 0 bridgehead atoms. The van der Waals surface area contributed by atoms with E-state index in [1.54, 1.807) is 4.90 Å². The molecule has 3 aliphatic rings. The molecule has 0 aromatic heterocycles. The first kappa shape index (κ1) is 26.2. The van der Waals surface area contributed by atoms with Gasteiger partial charge in [0.1, 0.15) is 11.6 Å². The molecule has 0 spiro atoms. The number of nitrogens with zero attached hydrogens (tertiary/aromatic N) is 3. The number of likely N-dealkylation sites (tertiary alicyclic amines) is 1. The molecule has 1 aromatic rings. The molecule has 1 aromatic carbocycles. The van der Waals surface area contributed by atoms with Crippen LogP contribution in [0.2, 0.25) is 0 Å². The lowest BCUT2D eigenvalue weighted by molar-refractivity contribution is -0.139. The molecular weight excluding hydrogens is 456 g/mol. The van der Waals surface area contributed by atoms with E-state index in [1.807, 2.05) is 30.9 Å². The van der Waals surface area contributed by atoms with E-state index >= 15 is 0 Å². The highest BCUT2D eigenvalue weighted by molar-refractivity contribution is 5.93. The summed E-state index contributed by atoms with van der Waals surface area (Å²) in [6.45, 7) is 8.60. The first-order valence-electron chi connectivity index (χ1n) is 13.3. The molecule has 2 fully saturated rings. The number of carbonyl (C=O) groups excluding carboxylic acids is 2. The summed E-state index contributed by atoms with van der Waals surface area (Å²) in [5.41, 5.74) is 8.34. The molecule has 1 aliphatic carbocycles. The topological polar surface area (TPSA) is 97.5 Å². The van der Waals surface area contributed by atoms with Crippen molar-refractivity contribution in [3.05, 3.63) is 35.9 Å². The minimum Gasteiger partial charge on any atom is -0.493 e. The zero-order valence-electron chi connectivity index (χ0n) is 21.7. The molecule has 36 heavy (non-hydrogen) atoms. The fourth-order valence-electron chi connectivity index (χ4n) is 4.94. The summed E-state index contributed by atoms with van der Waals surface area (Å²) in [6, 6.07) is 8.06. The Balaban J connectivity index is 1.20. The van der Waals surface area contributed by atoms with Crippen molar-refractivity contribution in [2.24, 2.45) is 28.5 Å². The van der Waals surface area contributed by atoms with Crippen molar-refractivity contribution in [2.75, 3.05) is 46.0 Å². The van der Waals surface area contributed by atoms with Gasteiger partial charge >= 0.3 is 6.03 Å². The lowest BCUT2D eigenvalue weighted by Crippen LogP contribution is -2.44. The van der Waals surface area contributed by atoms with Crippen LogP contribution < -0.4 is 10.5 Å². The monoisotopic (exact) mass is 496 g/mol. The fourth-order valence-corrected chi connectivity index (χ4v) is 4.94. The summed E-state index contributed by atoms with van der Waals surface area (Å²) in [5, 5.41) is 0. The molecule has 4 rings (SSSR count). The molecule has 8 heteroatoms. The van der Waals surface area contributed by atoms with E-state index in [9.17, 15) is 9.59 Å². The van der Waals surface area contributed by atoms with Crippen molar-refractivity contribution in [1.29, 1.82) is 0 Å². The van der Waals surface area contributed by atoms with Crippen LogP contribution in [0.15, 0.2) is 35.3 Å². The molecule has 2 heterocycles. The highest BCUT2D eigenvalue weighted by atomic mass is 16.5. The van der Waals surface area contributed by atoms with Crippen molar-refractivity contribution in [2.45, 2.75) is 46.0 Å². The number of amidine groups is 1. The van der Waals surface area contributed by atoms with Gasteiger partial charge in [-0.15, -0.1) is 0 Å². The average molecular weight is 497 g/mol. The standard InChI is InChI=1S/C28H40N4O4/c1-20(2)26(29)30-28(34)32-13-11-21(12-14-32)19-36-25-9-7-23(8-10-25)22-3-5-24(6-4-22)27(33)31-15-17-35-18-16-31/h3,7-10,20-21,24H,4-6,11-19H2,1-2H3,(H2,29,30,34). The second-order valence-electron chi connectivity index (χ2n) is 10.4. The predicted octanol–water partition coefficient (Wildman–Crippen LogP) is 3.95. The zero-order chi connectivity index (χ0) is 25.5. The number of rotatable bonds is 6. The second kappa shape index (κ2) is 12.4. The van der Waals surface area contributed by atoms with Crippen molar-refractivity contribution < 1.29 is 19.1 Å². The van der Waals surface area contributed by atoms with E-state index in [0.717, 1.165) is 37.9 Å². The van der Waals surface area contributed by atoms with Crippen LogP contribution in [0.4, 0.5) is 4.79 Å². The SMILES string of the molecule is CC(C)/C(N)=N/C(=O)N1CCC(COc2ccc(C3=CCC(C(=O)N4CCOCC4)CC3)cc2)CC1. The third kappa shape index (κ3) is 6.87. The molecule has 1 atom stereocenters. The minimum absolute atomic E-state index is 0.0714. The normalized spacial score (nSPS) is 21.9. The minimum atomic E-state index is -0.232. The summed E-state index contributed by atoms with van der Waals surface area (Å²) in [5.74, 6) is 2.11. The van der Waals surface area contributed by atoms with Crippen molar-refractivity contribution >= 4 is 23.3 Å². The average Bonchev–Trinajstić information content (AvgIpc) is 2.92. The fraction of sp³-hybridized carbons (Fsp3) is 0.607. The maximum Gasteiger partial charge on any atom is 0.345 e. The van der Waals surface area contributed by atoms with Gasteiger partial charge in [-0.1, -0.05) is 32.1 Å². The third-order valence-corrected chi connectivity index (χ3v) is 7.50. The van der Waals surface area contributed by atoms with Gasteiger partial charge in [0.25, 0.3) is 0 Å². The Hall–Kier alpha value is -2.87. The predicted molar refractivity (Wildman–Crippen MR) is 141 cm³/mol. The first-order chi connectivity index (χ1) is 17.4. The molecule has 0 saturated carbocycles. The Morgan fingerprint density at radius 3 is 2.36 bits per heavy atom. The lowest BCUT2D eigenvalue weighted by atomic mass is 9.85. The Bertz CT molecular complexity index is 958. The van der Waals surface area contributed by atoms with E-state index in [-0.39, 0.29) is 23.8 Å². The van der Waals surface area contributed by atoms with Crippen molar-refractivity contribution in [3.8, 4) is 5.75 Å². The van der Waals surface area contributed by atoms with Crippen LogP contribution in [0.25, 0.3) is 5.57 Å². The van der Waals surface area contributed by atoms with Crippen molar-refractivity contribution in [1.82, 2.24) is 9.80 Å². The Morgan fingerprint density at radius 2 is 1.75 bits per heavy atom. The van der Waals surface area contributed by atoms with Gasteiger partial charge in [-0.2, -0.15) is 4.99 Å². The Labute approximate surface area is 214 Å². The molecular formula is C28H40N4O4. The number of ether oxygens (including phenoxy) is 2. The molecule has 1 unspecified atom stereocenters. The van der Waals surface area contributed by atoms with Gasteiger partial charge in [-0.3, -0.25) is 4.79 Å². The largest absolute Gasteiger partial charge is 0.493 e. The van der Waals surface area contributed by atoms with Crippen LogP contribution in [0.1, 0.15) is 51.5 Å². The highest BCUT2D eigenvalue weighted by Gasteiger charge is 2.27. The highest BCUT2D eigenvalue weighted by Crippen LogP contribution is 2.32. The summed E-state index contributed by atoms with van der Waals surface area (Å²) >= 11 is 0. The van der Waals surface area contributed by atoms with Crippen molar-refractivity contribution in [3.63, 3.8) is 0 Å². The van der Waals surface area contributed by atoms with Gasteiger partial charge in [-0.25, -0.2) is 4.79 Å². The lowest BCUT2D eigenvalue weighted by Gasteiger charge is -2.31. The molecule has 2 N–H and O–H groups in total. The Kier molecular flexibility index (Phi) is 9.02. The van der Waals surface area contributed by atoms with Gasteiger partial charge in [0.15, 0.2) is 0 Å². The van der Waals surface area contributed by atoms with Crippen LogP contribution >= 0.6 is 0 Å². The molecule has 2 aliphatic heterocycles. The van der Waals surface area contributed by atoms with Crippen LogP contribution in [-0.2, 0) is 9.53 Å². The number of allylic oxidation sites excluding steroid dienone is 2. The number of piperidine rings is 1. The number of hydrogen-bond acceptors (Lipinski definition) is 4. The van der Waals surface area contributed by atoms with E-state index in [0.29, 0.717) is 57.8 Å². The molecule has 2 saturated heterocycles. The second-order valence-corrected chi connectivity index (χ2v) is 10.4. The maximum absolute atomic E-state index is 12.8. The van der Waals surface area contributed by atoms with Gasteiger partial charge in [0.05, 0.1) is 19.8 Å². The smallest absolute Gasteiger partial charge is 0.345 e. The number of amides is 3. The number of benzene rings is 1. The van der Waals surface area contributed by atoms with Gasteiger partial charge in [0.2, 0.25) is 5.91 Å². The van der Waals surface area contributed by atoms with E-state index in [1.165, 1.54) is 11.1 Å². The first-order valence-corrected chi connectivity index (χ1v) is 13.3. The van der Waals surface area contributed by atoms with Crippen LogP contribution in [0, 0.1) is 17.8 Å². The maximum atomic E-state index is 12.8. The van der Waals surface area contributed by atoms with Gasteiger partial charge in [0, 0.05) is 38.0 Å². The van der Waals surface area contributed by atoms with Gasteiger partial charge < -0.3 is 25.0 Å². The quantitative estimate of drug-likeness (QED) is 0.475. The van der Waals surface area contributed by atoms with Crippen LogP contribution in [-0.4, -0.2) is 73.6 Å². The summed E-state index contributed by atoms with van der Waals surface area (Å²) in [6.07, 6.45) is 6.66. The number of nitrogens with two attached hydrogens (primary N) is 1. The third-order valence-electron chi connectivity index (χ3n) is 7.50. The molecule has 3 amide bonds. The van der Waals surface area contributed by atoms with Crippen LogP contribution in [0.5, 0.6) is 5.75 Å².